The van der Waals surface area contributed by atoms with E-state index in [1.54, 1.807) is 0 Å². The monoisotopic (exact) mass is 285 g/mol. The third kappa shape index (κ3) is 3.70. The Labute approximate surface area is 123 Å². The van der Waals surface area contributed by atoms with Gasteiger partial charge in [0.25, 0.3) is 0 Å². The molecule has 1 aromatic carbocycles. The van der Waals surface area contributed by atoms with Crippen molar-refractivity contribution in [1.82, 2.24) is 15.5 Å². The largest absolute Gasteiger partial charge is 0.367 e. The predicted molar refractivity (Wildman–Crippen MR) is 78.6 cm³/mol. The molecule has 1 amide bonds. The second kappa shape index (κ2) is 6.54. The number of aromatic nitrogens is 2. The highest BCUT2D eigenvalue weighted by Crippen LogP contribution is 2.18. The van der Waals surface area contributed by atoms with Gasteiger partial charge in [0.05, 0.1) is 12.8 Å². The van der Waals surface area contributed by atoms with Gasteiger partial charge >= 0.3 is 0 Å². The summed E-state index contributed by atoms with van der Waals surface area (Å²) in [6, 6.07) is 10.0. The smallest absolute Gasteiger partial charge is 0.246 e. The van der Waals surface area contributed by atoms with Gasteiger partial charge in [-0.3, -0.25) is 9.89 Å². The van der Waals surface area contributed by atoms with Gasteiger partial charge in [-0.05, 0) is 24.0 Å². The van der Waals surface area contributed by atoms with Crippen molar-refractivity contribution in [2.24, 2.45) is 0 Å². The van der Waals surface area contributed by atoms with Crippen LogP contribution in [0, 0.1) is 0 Å². The predicted octanol–water partition coefficient (Wildman–Crippen LogP) is 1.60. The number of fused-ring (bicyclic) bond motifs is 1. The summed E-state index contributed by atoms with van der Waals surface area (Å²) in [5.74, 6) is -0.0566. The summed E-state index contributed by atoms with van der Waals surface area (Å²) in [7, 11) is 0. The molecule has 3 rings (SSSR count). The van der Waals surface area contributed by atoms with Crippen molar-refractivity contribution in [3.8, 4) is 0 Å². The van der Waals surface area contributed by atoms with Crippen molar-refractivity contribution in [3.63, 3.8) is 0 Å². The molecule has 0 fully saturated rings. The van der Waals surface area contributed by atoms with Gasteiger partial charge in [0.15, 0.2) is 0 Å². The molecule has 2 aromatic rings. The van der Waals surface area contributed by atoms with E-state index in [1.807, 2.05) is 36.5 Å². The Morgan fingerprint density at radius 3 is 3.10 bits per heavy atom. The lowest BCUT2D eigenvalue weighted by Crippen LogP contribution is -2.40. The Morgan fingerprint density at radius 1 is 1.38 bits per heavy atom. The summed E-state index contributed by atoms with van der Waals surface area (Å²) >= 11 is 0. The molecule has 1 unspecified atom stereocenters. The lowest BCUT2D eigenvalue weighted by molar-refractivity contribution is -0.126. The van der Waals surface area contributed by atoms with Crippen LogP contribution < -0.4 is 5.32 Å². The van der Waals surface area contributed by atoms with E-state index in [2.05, 4.69) is 15.5 Å². The molecule has 1 heterocycles. The third-order valence-electron chi connectivity index (χ3n) is 3.73. The molecule has 1 atom stereocenters. The minimum atomic E-state index is -0.0566. The molecule has 0 saturated heterocycles. The minimum Gasteiger partial charge on any atom is -0.367 e. The first kappa shape index (κ1) is 13.8. The first-order valence-electron chi connectivity index (χ1n) is 7.23. The molecule has 21 heavy (non-hydrogen) atoms. The van der Waals surface area contributed by atoms with E-state index in [1.165, 1.54) is 5.56 Å². The van der Waals surface area contributed by atoms with E-state index in [9.17, 15) is 4.79 Å². The van der Waals surface area contributed by atoms with Crippen LogP contribution >= 0.6 is 0 Å². The number of H-pyrrole nitrogens is 1. The first-order valence-corrected chi connectivity index (χ1v) is 7.23. The first-order chi connectivity index (χ1) is 10.3. The Hall–Kier alpha value is -2.14. The molecule has 110 valence electrons. The van der Waals surface area contributed by atoms with Gasteiger partial charge in [0.1, 0.15) is 6.61 Å². The highest BCUT2D eigenvalue weighted by molar-refractivity contribution is 5.77. The lowest BCUT2D eigenvalue weighted by Gasteiger charge is -2.22. The van der Waals surface area contributed by atoms with Crippen molar-refractivity contribution in [3.05, 3.63) is 53.3 Å². The number of aromatic amines is 1. The fraction of sp³-hybridized carbons (Fsp3) is 0.375. The molecule has 1 aliphatic carbocycles. The number of rotatable bonds is 5. The average molecular weight is 285 g/mol. The molecule has 0 saturated carbocycles. The molecule has 0 radical (unpaired) electrons. The zero-order valence-corrected chi connectivity index (χ0v) is 11.8. The number of ether oxygens (including phenoxy) is 1. The van der Waals surface area contributed by atoms with E-state index in [0.29, 0.717) is 6.61 Å². The Bertz CT molecular complexity index is 595. The average Bonchev–Trinajstić information content (AvgIpc) is 2.96. The van der Waals surface area contributed by atoms with Gasteiger partial charge < -0.3 is 10.1 Å². The number of aryl methyl sites for hydroxylation is 1. The topological polar surface area (TPSA) is 67.0 Å². The minimum absolute atomic E-state index is 0.0566. The molecule has 5 nitrogen and oxygen atoms in total. The summed E-state index contributed by atoms with van der Waals surface area (Å²) in [5, 5.41) is 10.1. The van der Waals surface area contributed by atoms with E-state index in [0.717, 1.165) is 30.5 Å². The number of carbonyl (C=O) groups is 1. The molecule has 5 heteroatoms. The zero-order valence-electron chi connectivity index (χ0n) is 11.8. The van der Waals surface area contributed by atoms with Crippen molar-refractivity contribution >= 4 is 5.91 Å². The maximum Gasteiger partial charge on any atom is 0.246 e. The number of carbonyl (C=O) groups excluding carboxylic acids is 1. The summed E-state index contributed by atoms with van der Waals surface area (Å²) in [5.41, 5.74) is 3.47. The number of nitrogens with one attached hydrogen (secondary N) is 2. The molecule has 0 bridgehead atoms. The van der Waals surface area contributed by atoms with Gasteiger partial charge in [-0.15, -0.1) is 0 Å². The van der Waals surface area contributed by atoms with Crippen LogP contribution in [-0.2, 0) is 29.0 Å². The van der Waals surface area contributed by atoms with Gasteiger partial charge in [0, 0.05) is 18.2 Å². The molecular formula is C16H19N3O2. The normalized spacial score (nSPS) is 17.2. The van der Waals surface area contributed by atoms with Crippen molar-refractivity contribution < 1.29 is 9.53 Å². The Balaban J connectivity index is 1.41. The van der Waals surface area contributed by atoms with E-state index >= 15 is 0 Å². The molecule has 0 spiro atoms. The fourth-order valence-electron chi connectivity index (χ4n) is 2.64. The molecule has 2 N–H and O–H groups in total. The maximum atomic E-state index is 11.9. The highest BCUT2D eigenvalue weighted by Gasteiger charge is 2.21. The lowest BCUT2D eigenvalue weighted by atomic mass is 9.94. The molecule has 1 aromatic heterocycles. The van der Waals surface area contributed by atoms with Gasteiger partial charge in [-0.1, -0.05) is 30.3 Å². The summed E-state index contributed by atoms with van der Waals surface area (Å²) in [4.78, 5) is 11.9. The SMILES string of the molecule is O=C(COCc1ccccc1)NC1CCc2cn[nH]c2C1. The summed E-state index contributed by atoms with van der Waals surface area (Å²) in [6.45, 7) is 0.560. The van der Waals surface area contributed by atoms with Crippen LogP contribution in [0.4, 0.5) is 0 Å². The van der Waals surface area contributed by atoms with E-state index in [4.69, 9.17) is 4.74 Å². The van der Waals surface area contributed by atoms with Crippen molar-refractivity contribution in [2.75, 3.05) is 6.61 Å². The standard InChI is InChI=1S/C16H19N3O2/c20-16(11-21-10-12-4-2-1-3-5-12)18-14-7-6-13-9-17-19-15(13)8-14/h1-5,9,14H,6-8,10-11H2,(H,17,19)(H,18,20). The van der Waals surface area contributed by atoms with Crippen LogP contribution in [0.1, 0.15) is 23.2 Å². The van der Waals surface area contributed by atoms with Crippen molar-refractivity contribution in [2.45, 2.75) is 31.9 Å². The molecule has 0 aliphatic heterocycles. The number of nitrogens with zero attached hydrogens (tertiary/aromatic N) is 1. The van der Waals surface area contributed by atoms with Crippen LogP contribution in [0.15, 0.2) is 36.5 Å². The van der Waals surface area contributed by atoms with Crippen LogP contribution in [-0.4, -0.2) is 28.8 Å². The van der Waals surface area contributed by atoms with E-state index < -0.39 is 0 Å². The van der Waals surface area contributed by atoms with Gasteiger partial charge in [-0.2, -0.15) is 5.10 Å². The summed E-state index contributed by atoms with van der Waals surface area (Å²) < 4.78 is 5.45. The second-order valence-corrected chi connectivity index (χ2v) is 5.36. The van der Waals surface area contributed by atoms with Crippen LogP contribution in [0.25, 0.3) is 0 Å². The molecule has 1 aliphatic rings. The zero-order chi connectivity index (χ0) is 14.5. The van der Waals surface area contributed by atoms with Crippen LogP contribution in [0.2, 0.25) is 0 Å². The maximum absolute atomic E-state index is 11.9. The Morgan fingerprint density at radius 2 is 2.24 bits per heavy atom. The highest BCUT2D eigenvalue weighted by atomic mass is 16.5. The van der Waals surface area contributed by atoms with Gasteiger partial charge in [-0.25, -0.2) is 0 Å². The van der Waals surface area contributed by atoms with Gasteiger partial charge in [0.2, 0.25) is 5.91 Å². The van der Waals surface area contributed by atoms with Crippen LogP contribution in [0.3, 0.4) is 0 Å². The number of hydrogen-bond donors (Lipinski definition) is 2. The quantitative estimate of drug-likeness (QED) is 0.877. The summed E-state index contributed by atoms with van der Waals surface area (Å²) in [6.07, 6.45) is 4.61. The van der Waals surface area contributed by atoms with E-state index in [-0.39, 0.29) is 18.6 Å². The number of benzene rings is 1. The number of amides is 1. The molecular weight excluding hydrogens is 266 g/mol. The van der Waals surface area contributed by atoms with Crippen molar-refractivity contribution in [1.29, 1.82) is 0 Å². The number of hydrogen-bond acceptors (Lipinski definition) is 3. The van der Waals surface area contributed by atoms with Crippen LogP contribution in [0.5, 0.6) is 0 Å². The Kier molecular flexibility index (Phi) is 4.31. The second-order valence-electron chi connectivity index (χ2n) is 5.36. The fourth-order valence-corrected chi connectivity index (χ4v) is 2.64. The third-order valence-corrected chi connectivity index (χ3v) is 3.73.